The molecular formula is C14H21N5. The van der Waals surface area contributed by atoms with Crippen LogP contribution in [0, 0.1) is 13.8 Å². The van der Waals surface area contributed by atoms with Crippen LogP contribution < -0.4 is 5.32 Å². The van der Waals surface area contributed by atoms with E-state index in [1.165, 1.54) is 0 Å². The van der Waals surface area contributed by atoms with Crippen molar-refractivity contribution in [3.8, 4) is 0 Å². The summed E-state index contributed by atoms with van der Waals surface area (Å²) >= 11 is 0. The van der Waals surface area contributed by atoms with Gasteiger partial charge in [-0.3, -0.25) is 5.10 Å². The van der Waals surface area contributed by atoms with Crippen molar-refractivity contribution in [1.29, 1.82) is 0 Å². The van der Waals surface area contributed by atoms with Gasteiger partial charge < -0.3 is 5.32 Å². The summed E-state index contributed by atoms with van der Waals surface area (Å²) in [6, 6.07) is 2.35. The maximum Gasteiger partial charge on any atom is 0.133 e. The second-order valence-corrected chi connectivity index (χ2v) is 4.94. The summed E-state index contributed by atoms with van der Waals surface area (Å²) in [7, 11) is 0. The van der Waals surface area contributed by atoms with E-state index in [9.17, 15) is 0 Å². The third-order valence-corrected chi connectivity index (χ3v) is 3.02. The Bertz CT molecular complexity index is 547. The van der Waals surface area contributed by atoms with E-state index in [0.29, 0.717) is 0 Å². The lowest BCUT2D eigenvalue weighted by Crippen LogP contribution is -2.20. The van der Waals surface area contributed by atoms with E-state index in [-0.39, 0.29) is 6.04 Å². The van der Waals surface area contributed by atoms with Crippen LogP contribution in [0.3, 0.4) is 0 Å². The minimum absolute atomic E-state index is 0.280. The van der Waals surface area contributed by atoms with E-state index >= 15 is 0 Å². The Morgan fingerprint density at radius 2 is 2.16 bits per heavy atom. The molecule has 0 aliphatic heterocycles. The second-order valence-electron chi connectivity index (χ2n) is 4.94. The molecule has 2 heterocycles. The Labute approximate surface area is 113 Å². The predicted molar refractivity (Wildman–Crippen MR) is 76.3 cm³/mol. The SMILES string of the molecule is CCc1cnc(C)nc1N[C@@H](C)Cc1cc(C)[nH]n1. The molecular weight excluding hydrogens is 238 g/mol. The van der Waals surface area contributed by atoms with E-state index < -0.39 is 0 Å². The molecule has 2 N–H and O–H groups in total. The number of H-pyrrole nitrogens is 1. The van der Waals surface area contributed by atoms with Crippen LogP contribution in [-0.4, -0.2) is 26.2 Å². The number of nitrogens with one attached hydrogen (secondary N) is 2. The minimum atomic E-state index is 0.280. The van der Waals surface area contributed by atoms with Gasteiger partial charge in [0.25, 0.3) is 0 Å². The minimum Gasteiger partial charge on any atom is -0.367 e. The van der Waals surface area contributed by atoms with Gasteiger partial charge in [0.15, 0.2) is 0 Å². The highest BCUT2D eigenvalue weighted by atomic mass is 15.1. The molecule has 0 fully saturated rings. The molecule has 102 valence electrons. The zero-order chi connectivity index (χ0) is 13.8. The molecule has 0 radical (unpaired) electrons. The lowest BCUT2D eigenvalue weighted by molar-refractivity contribution is 0.755. The van der Waals surface area contributed by atoms with Crippen LogP contribution in [-0.2, 0) is 12.8 Å². The highest BCUT2D eigenvalue weighted by Gasteiger charge is 2.10. The van der Waals surface area contributed by atoms with Crippen LogP contribution in [0.4, 0.5) is 5.82 Å². The molecule has 2 aromatic heterocycles. The topological polar surface area (TPSA) is 66.5 Å². The first kappa shape index (κ1) is 13.5. The van der Waals surface area contributed by atoms with Crippen LogP contribution in [0.25, 0.3) is 0 Å². The average Bonchev–Trinajstić information content (AvgIpc) is 2.75. The highest BCUT2D eigenvalue weighted by Crippen LogP contribution is 2.14. The molecule has 0 unspecified atom stereocenters. The molecule has 5 nitrogen and oxygen atoms in total. The van der Waals surface area contributed by atoms with E-state index in [0.717, 1.165) is 41.4 Å². The van der Waals surface area contributed by atoms with Crippen LogP contribution in [0.1, 0.15) is 36.6 Å². The normalized spacial score (nSPS) is 12.4. The van der Waals surface area contributed by atoms with Gasteiger partial charge in [-0.2, -0.15) is 5.10 Å². The van der Waals surface area contributed by atoms with Crippen molar-refractivity contribution >= 4 is 5.82 Å². The number of nitrogens with zero attached hydrogens (tertiary/aromatic N) is 3. The first-order valence-electron chi connectivity index (χ1n) is 6.68. The Hall–Kier alpha value is -1.91. The van der Waals surface area contributed by atoms with Crippen molar-refractivity contribution in [1.82, 2.24) is 20.2 Å². The molecule has 0 amide bonds. The van der Waals surface area contributed by atoms with E-state index in [4.69, 9.17) is 0 Å². The lowest BCUT2D eigenvalue weighted by atomic mass is 10.1. The van der Waals surface area contributed by atoms with Gasteiger partial charge in [-0.05, 0) is 33.3 Å². The number of aromatic nitrogens is 4. The maximum absolute atomic E-state index is 4.48. The summed E-state index contributed by atoms with van der Waals surface area (Å²) in [5, 5.41) is 10.7. The third kappa shape index (κ3) is 3.53. The Morgan fingerprint density at radius 1 is 1.37 bits per heavy atom. The maximum atomic E-state index is 4.48. The molecule has 5 heteroatoms. The van der Waals surface area contributed by atoms with Crippen LogP contribution in [0.2, 0.25) is 0 Å². The first-order chi connectivity index (χ1) is 9.08. The van der Waals surface area contributed by atoms with Gasteiger partial charge in [-0.1, -0.05) is 6.92 Å². The van der Waals surface area contributed by atoms with Gasteiger partial charge in [0.2, 0.25) is 0 Å². The Kier molecular flexibility index (Phi) is 4.14. The largest absolute Gasteiger partial charge is 0.367 e. The van der Waals surface area contributed by atoms with Crippen LogP contribution >= 0.6 is 0 Å². The van der Waals surface area contributed by atoms with Crippen molar-refractivity contribution in [2.75, 3.05) is 5.32 Å². The van der Waals surface area contributed by atoms with Crippen molar-refractivity contribution in [2.45, 2.75) is 46.6 Å². The summed E-state index contributed by atoms with van der Waals surface area (Å²) in [6.45, 7) is 8.17. The molecule has 0 saturated carbocycles. The zero-order valence-corrected chi connectivity index (χ0v) is 12.0. The van der Waals surface area contributed by atoms with Crippen molar-refractivity contribution in [3.05, 3.63) is 35.0 Å². The van der Waals surface area contributed by atoms with Crippen molar-refractivity contribution < 1.29 is 0 Å². The van der Waals surface area contributed by atoms with Gasteiger partial charge in [0.1, 0.15) is 11.6 Å². The van der Waals surface area contributed by atoms with Crippen LogP contribution in [0.15, 0.2) is 12.3 Å². The molecule has 0 aliphatic carbocycles. The number of aromatic amines is 1. The van der Waals surface area contributed by atoms with Gasteiger partial charge in [0.05, 0.1) is 5.69 Å². The summed E-state index contributed by atoms with van der Waals surface area (Å²) in [5.74, 6) is 1.73. The highest BCUT2D eigenvalue weighted by molar-refractivity contribution is 5.43. The Balaban J connectivity index is 2.05. The van der Waals surface area contributed by atoms with Gasteiger partial charge in [-0.25, -0.2) is 9.97 Å². The molecule has 2 rings (SSSR count). The molecule has 0 spiro atoms. The van der Waals surface area contributed by atoms with Crippen molar-refractivity contribution in [3.63, 3.8) is 0 Å². The molecule has 0 bridgehead atoms. The fourth-order valence-corrected chi connectivity index (χ4v) is 2.06. The van der Waals surface area contributed by atoms with Crippen molar-refractivity contribution in [2.24, 2.45) is 0 Å². The standard InChI is InChI=1S/C14H21N5/c1-5-12-8-15-11(4)17-14(12)16-9(2)6-13-7-10(3)18-19-13/h7-9H,5-6H2,1-4H3,(H,18,19)(H,15,16,17)/t9-/m0/s1. The van der Waals surface area contributed by atoms with Gasteiger partial charge in [0, 0.05) is 29.9 Å². The first-order valence-corrected chi connectivity index (χ1v) is 6.68. The average molecular weight is 259 g/mol. The zero-order valence-electron chi connectivity index (χ0n) is 12.0. The summed E-state index contributed by atoms with van der Waals surface area (Å²) < 4.78 is 0. The molecule has 2 aromatic rings. The molecule has 0 saturated heterocycles. The summed E-state index contributed by atoms with van der Waals surface area (Å²) in [4.78, 5) is 8.72. The van der Waals surface area contributed by atoms with Gasteiger partial charge in [-0.15, -0.1) is 0 Å². The number of hydrogen-bond donors (Lipinski definition) is 2. The molecule has 19 heavy (non-hydrogen) atoms. The monoisotopic (exact) mass is 259 g/mol. The quantitative estimate of drug-likeness (QED) is 0.865. The summed E-state index contributed by atoms with van der Waals surface area (Å²) in [6.07, 6.45) is 3.70. The number of anilines is 1. The third-order valence-electron chi connectivity index (χ3n) is 3.02. The van der Waals surface area contributed by atoms with E-state index in [1.54, 1.807) is 0 Å². The molecule has 1 atom stereocenters. The number of rotatable bonds is 5. The number of hydrogen-bond acceptors (Lipinski definition) is 4. The summed E-state index contributed by atoms with van der Waals surface area (Å²) in [5.41, 5.74) is 3.31. The van der Waals surface area contributed by atoms with E-state index in [1.807, 2.05) is 20.0 Å². The second kappa shape index (κ2) is 5.82. The Morgan fingerprint density at radius 3 is 2.79 bits per heavy atom. The van der Waals surface area contributed by atoms with Gasteiger partial charge >= 0.3 is 0 Å². The molecule has 0 aliphatic rings. The fraction of sp³-hybridized carbons (Fsp3) is 0.500. The smallest absolute Gasteiger partial charge is 0.133 e. The van der Waals surface area contributed by atoms with E-state index in [2.05, 4.69) is 45.4 Å². The van der Waals surface area contributed by atoms with Crippen LogP contribution in [0.5, 0.6) is 0 Å². The fourth-order valence-electron chi connectivity index (χ4n) is 2.06. The predicted octanol–water partition coefficient (Wildman–Crippen LogP) is 2.42. The lowest BCUT2D eigenvalue weighted by Gasteiger charge is -2.16. The number of aryl methyl sites for hydroxylation is 3. The molecule has 0 aromatic carbocycles.